The first kappa shape index (κ1) is 17.5. The number of benzene rings is 1. The van der Waals surface area contributed by atoms with E-state index in [9.17, 15) is 4.79 Å². The van der Waals surface area contributed by atoms with Crippen molar-refractivity contribution >= 4 is 28.4 Å². The highest BCUT2D eigenvalue weighted by molar-refractivity contribution is 5.79. The first-order valence-electron chi connectivity index (χ1n) is 9.36. The zero-order valence-electron chi connectivity index (χ0n) is 15.7. The summed E-state index contributed by atoms with van der Waals surface area (Å²) in [6.07, 6.45) is 0. The lowest BCUT2D eigenvalue weighted by Gasteiger charge is -2.29. The van der Waals surface area contributed by atoms with Gasteiger partial charge in [0.2, 0.25) is 5.95 Å². The van der Waals surface area contributed by atoms with Crippen LogP contribution in [0.15, 0.2) is 41.2 Å². The molecule has 3 aromatic rings. The van der Waals surface area contributed by atoms with Crippen LogP contribution in [0.2, 0.25) is 0 Å². The van der Waals surface area contributed by atoms with Crippen molar-refractivity contribution in [3.63, 3.8) is 0 Å². The quantitative estimate of drug-likeness (QED) is 0.740. The lowest BCUT2D eigenvalue weighted by atomic mass is 10.2. The van der Waals surface area contributed by atoms with E-state index in [4.69, 9.17) is 0 Å². The number of aryl methyl sites for hydroxylation is 2. The number of hydrogen-bond donors (Lipinski definition) is 2. The number of anilines is 3. The van der Waals surface area contributed by atoms with Crippen LogP contribution in [0.25, 0.3) is 11.0 Å². The summed E-state index contributed by atoms with van der Waals surface area (Å²) in [6, 6.07) is 11.7. The molecule has 0 unspecified atom stereocenters. The highest BCUT2D eigenvalue weighted by Crippen LogP contribution is 2.22. The Labute approximate surface area is 158 Å². The third-order valence-electron chi connectivity index (χ3n) is 4.95. The Morgan fingerprint density at radius 3 is 2.52 bits per heavy atom. The Hall–Kier alpha value is -2.93. The van der Waals surface area contributed by atoms with Crippen LogP contribution in [0, 0.1) is 6.92 Å². The number of hydrogen-bond acceptors (Lipinski definition) is 6. The third kappa shape index (κ3) is 3.50. The second-order valence-corrected chi connectivity index (χ2v) is 6.69. The molecule has 27 heavy (non-hydrogen) atoms. The molecule has 140 valence electrons. The van der Waals surface area contributed by atoms with Gasteiger partial charge in [0.15, 0.2) is 0 Å². The van der Waals surface area contributed by atoms with E-state index in [-0.39, 0.29) is 5.56 Å². The van der Waals surface area contributed by atoms with Gasteiger partial charge in [0, 0.05) is 55.6 Å². The van der Waals surface area contributed by atoms with E-state index in [0.29, 0.717) is 18.1 Å². The summed E-state index contributed by atoms with van der Waals surface area (Å²) >= 11 is 0. The number of aromatic nitrogens is 3. The minimum atomic E-state index is -0.0468. The van der Waals surface area contributed by atoms with Crippen molar-refractivity contribution in [1.29, 1.82) is 0 Å². The van der Waals surface area contributed by atoms with Gasteiger partial charge in [0.25, 0.3) is 5.56 Å². The molecule has 1 aliphatic rings. The molecule has 7 heteroatoms. The number of rotatable bonds is 4. The van der Waals surface area contributed by atoms with Crippen molar-refractivity contribution < 1.29 is 0 Å². The molecule has 0 aliphatic carbocycles. The molecule has 0 atom stereocenters. The molecule has 0 radical (unpaired) electrons. The van der Waals surface area contributed by atoms with Crippen LogP contribution in [0.1, 0.15) is 12.6 Å². The van der Waals surface area contributed by atoms with Gasteiger partial charge in [0.05, 0.1) is 5.69 Å². The topological polar surface area (TPSA) is 75.1 Å². The Bertz CT molecular complexity index is 1010. The lowest BCUT2D eigenvalue weighted by Crippen LogP contribution is -2.43. The fourth-order valence-electron chi connectivity index (χ4n) is 3.49. The fourth-order valence-corrected chi connectivity index (χ4v) is 3.49. The molecular weight excluding hydrogens is 340 g/mol. The Morgan fingerprint density at radius 1 is 1.07 bits per heavy atom. The van der Waals surface area contributed by atoms with E-state index in [1.54, 1.807) is 16.7 Å². The van der Waals surface area contributed by atoms with Crippen molar-refractivity contribution in [2.75, 3.05) is 36.4 Å². The first-order valence-corrected chi connectivity index (χ1v) is 9.36. The maximum absolute atomic E-state index is 12.1. The Balaban J connectivity index is 1.62. The number of nitrogens with zero attached hydrogens (tertiary/aromatic N) is 4. The number of nitrogens with one attached hydrogen (secondary N) is 2. The Morgan fingerprint density at radius 2 is 1.81 bits per heavy atom. The molecule has 4 rings (SSSR count). The van der Waals surface area contributed by atoms with Gasteiger partial charge in [-0.1, -0.05) is 0 Å². The zero-order chi connectivity index (χ0) is 18.8. The van der Waals surface area contributed by atoms with E-state index in [2.05, 4.69) is 37.6 Å². The van der Waals surface area contributed by atoms with Gasteiger partial charge in [-0.2, -0.15) is 4.98 Å². The van der Waals surface area contributed by atoms with Crippen LogP contribution < -0.4 is 21.1 Å². The van der Waals surface area contributed by atoms with Gasteiger partial charge in [0.1, 0.15) is 5.65 Å². The Kier molecular flexibility index (Phi) is 4.77. The van der Waals surface area contributed by atoms with Gasteiger partial charge in [-0.15, -0.1) is 0 Å². The number of pyridine rings is 1. The summed E-state index contributed by atoms with van der Waals surface area (Å²) in [5.41, 5.74) is 3.61. The molecule has 0 bridgehead atoms. The molecule has 0 saturated carbocycles. The molecule has 2 N–H and O–H groups in total. The van der Waals surface area contributed by atoms with Gasteiger partial charge >= 0.3 is 0 Å². The maximum atomic E-state index is 12.1. The fraction of sp³-hybridized carbons (Fsp3) is 0.350. The van der Waals surface area contributed by atoms with Crippen LogP contribution >= 0.6 is 0 Å². The molecular formula is C20H24N6O. The van der Waals surface area contributed by atoms with Gasteiger partial charge < -0.3 is 15.5 Å². The van der Waals surface area contributed by atoms with Crippen LogP contribution in [0.5, 0.6) is 0 Å². The third-order valence-corrected chi connectivity index (χ3v) is 4.95. The molecule has 2 aromatic heterocycles. The van der Waals surface area contributed by atoms with Crippen LogP contribution in [0.3, 0.4) is 0 Å². The predicted octanol–water partition coefficient (Wildman–Crippen LogP) is 2.27. The first-order chi connectivity index (χ1) is 13.2. The van der Waals surface area contributed by atoms with Gasteiger partial charge in [-0.25, -0.2) is 4.98 Å². The standard InChI is InChI=1S/C20H24N6O/c1-3-26-18(27)9-8-17-14(2)22-20(24-19(17)26)23-15-4-6-16(7-5-15)25-12-10-21-11-13-25/h4-9,21H,3,10-13H2,1-2H3,(H,22,23,24). The van der Waals surface area contributed by atoms with E-state index in [0.717, 1.165) is 42.9 Å². The lowest BCUT2D eigenvalue weighted by molar-refractivity contribution is 0.589. The van der Waals surface area contributed by atoms with Crippen molar-refractivity contribution in [2.45, 2.75) is 20.4 Å². The molecule has 3 heterocycles. The van der Waals surface area contributed by atoms with E-state index >= 15 is 0 Å². The average Bonchev–Trinajstić information content (AvgIpc) is 2.69. The molecule has 0 amide bonds. The van der Waals surface area contributed by atoms with Crippen molar-refractivity contribution in [3.8, 4) is 0 Å². The molecule has 1 saturated heterocycles. The molecule has 1 aliphatic heterocycles. The summed E-state index contributed by atoms with van der Waals surface area (Å²) < 4.78 is 1.67. The largest absolute Gasteiger partial charge is 0.369 e. The second-order valence-electron chi connectivity index (χ2n) is 6.69. The summed E-state index contributed by atoms with van der Waals surface area (Å²) in [7, 11) is 0. The summed E-state index contributed by atoms with van der Waals surface area (Å²) in [6.45, 7) is 8.54. The van der Waals surface area contributed by atoms with Crippen molar-refractivity contribution in [2.24, 2.45) is 0 Å². The predicted molar refractivity (Wildman–Crippen MR) is 109 cm³/mol. The van der Waals surface area contributed by atoms with Crippen LogP contribution in [0.4, 0.5) is 17.3 Å². The molecule has 0 spiro atoms. The molecule has 7 nitrogen and oxygen atoms in total. The van der Waals surface area contributed by atoms with Gasteiger partial charge in [-0.3, -0.25) is 9.36 Å². The van der Waals surface area contributed by atoms with Crippen LogP contribution in [-0.4, -0.2) is 40.7 Å². The number of piperazine rings is 1. The summed E-state index contributed by atoms with van der Waals surface area (Å²) in [4.78, 5) is 23.6. The average molecular weight is 364 g/mol. The van der Waals surface area contributed by atoms with E-state index in [1.165, 1.54) is 5.69 Å². The minimum absolute atomic E-state index is 0.0468. The normalized spacial score (nSPS) is 14.5. The smallest absolute Gasteiger partial charge is 0.252 e. The SMILES string of the molecule is CCn1c(=O)ccc2c(C)nc(Nc3ccc(N4CCNCC4)cc3)nc21. The second kappa shape index (κ2) is 7.36. The minimum Gasteiger partial charge on any atom is -0.369 e. The highest BCUT2D eigenvalue weighted by atomic mass is 16.1. The highest BCUT2D eigenvalue weighted by Gasteiger charge is 2.11. The van der Waals surface area contributed by atoms with E-state index in [1.807, 2.05) is 26.0 Å². The molecule has 1 fully saturated rings. The summed E-state index contributed by atoms with van der Waals surface area (Å²) in [5, 5.41) is 7.54. The van der Waals surface area contributed by atoms with Crippen molar-refractivity contribution in [1.82, 2.24) is 19.9 Å². The van der Waals surface area contributed by atoms with Crippen LogP contribution in [-0.2, 0) is 6.54 Å². The zero-order valence-corrected chi connectivity index (χ0v) is 15.7. The molecule has 1 aromatic carbocycles. The van der Waals surface area contributed by atoms with E-state index < -0.39 is 0 Å². The monoisotopic (exact) mass is 364 g/mol. The van der Waals surface area contributed by atoms with Gasteiger partial charge in [-0.05, 0) is 44.2 Å². The number of fused-ring (bicyclic) bond motifs is 1. The summed E-state index contributed by atoms with van der Waals surface area (Å²) in [5.74, 6) is 0.503. The maximum Gasteiger partial charge on any atom is 0.252 e. The van der Waals surface area contributed by atoms with Crippen molar-refractivity contribution in [3.05, 3.63) is 52.4 Å².